The zero-order valence-corrected chi connectivity index (χ0v) is 11.8. The molecule has 1 fully saturated rings. The predicted octanol–water partition coefficient (Wildman–Crippen LogP) is 2.05. The first kappa shape index (κ1) is 13.7. The number of amides is 4. The number of carbonyl (C=O) groups excluding carboxylic acids is 3. The third kappa shape index (κ3) is 2.68. The Kier molecular flexibility index (Phi) is 3.99. The van der Waals surface area contributed by atoms with Crippen LogP contribution in [0.2, 0.25) is 0 Å². The van der Waals surface area contributed by atoms with Gasteiger partial charge in [-0.2, -0.15) is 11.3 Å². The lowest BCUT2D eigenvalue weighted by Gasteiger charge is -2.30. The maximum Gasteiger partial charge on any atom is 0.331 e. The molecule has 0 aromatic carbocycles. The fourth-order valence-corrected chi connectivity index (χ4v) is 2.92. The molecule has 0 saturated carbocycles. The molecule has 1 aliphatic rings. The molecule has 2 heterocycles. The average Bonchev–Trinajstić information content (AvgIpc) is 2.76. The Balaban J connectivity index is 2.19. The van der Waals surface area contributed by atoms with E-state index in [0.29, 0.717) is 6.42 Å². The van der Waals surface area contributed by atoms with Crippen LogP contribution in [0.5, 0.6) is 0 Å². The second kappa shape index (κ2) is 5.52. The average molecular weight is 280 g/mol. The summed E-state index contributed by atoms with van der Waals surface area (Å²) in [5.41, 5.74) is 1.99. The summed E-state index contributed by atoms with van der Waals surface area (Å²) in [6.07, 6.45) is 1.19. The van der Waals surface area contributed by atoms with Crippen molar-refractivity contribution in [2.24, 2.45) is 5.92 Å². The van der Waals surface area contributed by atoms with Crippen molar-refractivity contribution in [2.45, 2.75) is 33.2 Å². The largest absolute Gasteiger partial charge is 0.331 e. The lowest BCUT2D eigenvalue weighted by atomic mass is 9.99. The van der Waals surface area contributed by atoms with E-state index in [2.05, 4.69) is 5.32 Å². The minimum Gasteiger partial charge on any atom is -0.277 e. The molecule has 2 rings (SSSR count). The van der Waals surface area contributed by atoms with Gasteiger partial charge in [0.25, 0.3) is 0 Å². The van der Waals surface area contributed by atoms with Crippen molar-refractivity contribution >= 4 is 29.2 Å². The molecule has 0 spiro atoms. The summed E-state index contributed by atoms with van der Waals surface area (Å²) in [7, 11) is 0. The molecule has 1 atom stereocenters. The van der Waals surface area contributed by atoms with E-state index in [1.165, 1.54) is 11.3 Å². The Labute approximate surface area is 115 Å². The second-order valence-corrected chi connectivity index (χ2v) is 5.38. The summed E-state index contributed by atoms with van der Waals surface area (Å²) in [5.74, 6) is -1.60. The molecule has 0 aliphatic carbocycles. The van der Waals surface area contributed by atoms with Crippen LogP contribution in [-0.2, 0) is 16.1 Å². The zero-order valence-electron chi connectivity index (χ0n) is 10.9. The molecule has 1 aliphatic heterocycles. The number of barbiturate groups is 1. The van der Waals surface area contributed by atoms with E-state index in [1.807, 2.05) is 24.6 Å². The van der Waals surface area contributed by atoms with E-state index in [-0.39, 0.29) is 12.5 Å². The molecule has 1 aromatic heterocycles. The Bertz CT molecular complexity index is 524. The van der Waals surface area contributed by atoms with E-state index < -0.39 is 17.9 Å². The first-order chi connectivity index (χ1) is 9.04. The Morgan fingerprint density at radius 1 is 1.32 bits per heavy atom. The molecular formula is C13H16N2O3S. The van der Waals surface area contributed by atoms with Gasteiger partial charge in [-0.1, -0.05) is 13.3 Å². The maximum absolute atomic E-state index is 12.2. The fourth-order valence-electron chi connectivity index (χ4n) is 2.07. The van der Waals surface area contributed by atoms with Crippen LogP contribution in [-0.4, -0.2) is 22.7 Å². The lowest BCUT2D eigenvalue weighted by molar-refractivity contribution is -0.143. The van der Waals surface area contributed by atoms with E-state index in [9.17, 15) is 14.4 Å². The van der Waals surface area contributed by atoms with Gasteiger partial charge in [0, 0.05) is 0 Å². The minimum absolute atomic E-state index is 0.230. The number of nitrogens with one attached hydrogen (secondary N) is 1. The van der Waals surface area contributed by atoms with E-state index in [0.717, 1.165) is 22.4 Å². The van der Waals surface area contributed by atoms with Crippen molar-refractivity contribution in [1.82, 2.24) is 10.2 Å². The molecule has 0 bridgehead atoms. The first-order valence-corrected chi connectivity index (χ1v) is 7.16. The quantitative estimate of drug-likeness (QED) is 0.858. The highest BCUT2D eigenvalue weighted by Gasteiger charge is 2.39. The summed E-state index contributed by atoms with van der Waals surface area (Å²) in [5, 5.41) is 6.14. The van der Waals surface area contributed by atoms with Crippen LogP contribution in [0.1, 0.15) is 30.9 Å². The van der Waals surface area contributed by atoms with Crippen molar-refractivity contribution in [3.8, 4) is 0 Å². The molecule has 5 nitrogen and oxygen atoms in total. The van der Waals surface area contributed by atoms with Gasteiger partial charge >= 0.3 is 6.03 Å². The SMILES string of the molecule is CCCC1C(=O)NC(=O)N(Cc2cscc2C)C1=O. The van der Waals surface area contributed by atoms with Gasteiger partial charge in [-0.3, -0.25) is 19.8 Å². The van der Waals surface area contributed by atoms with E-state index in [4.69, 9.17) is 0 Å². The monoisotopic (exact) mass is 280 g/mol. The molecule has 0 radical (unpaired) electrons. The van der Waals surface area contributed by atoms with Gasteiger partial charge in [0.05, 0.1) is 6.54 Å². The fraction of sp³-hybridized carbons (Fsp3) is 0.462. The molecule has 1 aromatic rings. The highest BCUT2D eigenvalue weighted by molar-refractivity contribution is 7.08. The summed E-state index contributed by atoms with van der Waals surface area (Å²) >= 11 is 1.53. The number of urea groups is 1. The summed E-state index contributed by atoms with van der Waals surface area (Å²) in [6, 6.07) is -0.618. The number of hydrogen-bond donors (Lipinski definition) is 1. The number of imide groups is 2. The molecule has 19 heavy (non-hydrogen) atoms. The van der Waals surface area contributed by atoms with E-state index in [1.54, 1.807) is 0 Å². The van der Waals surface area contributed by atoms with Crippen molar-refractivity contribution in [3.63, 3.8) is 0 Å². The summed E-state index contributed by atoms with van der Waals surface area (Å²) < 4.78 is 0. The van der Waals surface area contributed by atoms with Gasteiger partial charge in [0.15, 0.2) is 0 Å². The summed E-state index contributed by atoms with van der Waals surface area (Å²) in [4.78, 5) is 36.8. The molecule has 6 heteroatoms. The Morgan fingerprint density at radius 3 is 2.63 bits per heavy atom. The number of thiophene rings is 1. The predicted molar refractivity (Wildman–Crippen MR) is 71.5 cm³/mol. The molecule has 1 N–H and O–H groups in total. The molecule has 102 valence electrons. The van der Waals surface area contributed by atoms with Gasteiger partial charge < -0.3 is 0 Å². The number of aryl methyl sites for hydroxylation is 1. The number of hydrogen-bond acceptors (Lipinski definition) is 4. The molecule has 1 saturated heterocycles. The molecule has 1 unspecified atom stereocenters. The van der Waals surface area contributed by atoms with Gasteiger partial charge in [-0.25, -0.2) is 4.79 Å². The van der Waals surface area contributed by atoms with Crippen molar-refractivity contribution in [3.05, 3.63) is 21.9 Å². The van der Waals surface area contributed by atoms with Crippen LogP contribution in [0.15, 0.2) is 10.8 Å². The van der Waals surface area contributed by atoms with Crippen molar-refractivity contribution < 1.29 is 14.4 Å². The topological polar surface area (TPSA) is 66.5 Å². The highest BCUT2D eigenvalue weighted by Crippen LogP contribution is 2.21. The molecule has 4 amide bonds. The summed E-state index contributed by atoms with van der Waals surface area (Å²) in [6.45, 7) is 4.07. The van der Waals surface area contributed by atoms with Crippen LogP contribution < -0.4 is 5.32 Å². The van der Waals surface area contributed by atoms with Gasteiger partial charge in [0.2, 0.25) is 11.8 Å². The van der Waals surface area contributed by atoms with E-state index >= 15 is 0 Å². The number of rotatable bonds is 4. The lowest BCUT2D eigenvalue weighted by Crippen LogP contribution is -2.57. The van der Waals surface area contributed by atoms with Gasteiger partial charge in [0.1, 0.15) is 5.92 Å². The second-order valence-electron chi connectivity index (χ2n) is 4.64. The Morgan fingerprint density at radius 2 is 2.05 bits per heavy atom. The Hall–Kier alpha value is -1.69. The third-order valence-electron chi connectivity index (χ3n) is 3.22. The first-order valence-electron chi connectivity index (χ1n) is 6.22. The van der Waals surface area contributed by atoms with Gasteiger partial charge in [-0.15, -0.1) is 0 Å². The maximum atomic E-state index is 12.2. The van der Waals surface area contributed by atoms with Crippen LogP contribution in [0, 0.1) is 12.8 Å². The van der Waals surface area contributed by atoms with Crippen LogP contribution in [0.3, 0.4) is 0 Å². The van der Waals surface area contributed by atoms with Crippen LogP contribution in [0.25, 0.3) is 0 Å². The van der Waals surface area contributed by atoms with Crippen molar-refractivity contribution in [1.29, 1.82) is 0 Å². The van der Waals surface area contributed by atoms with Crippen LogP contribution in [0.4, 0.5) is 4.79 Å². The highest BCUT2D eigenvalue weighted by atomic mass is 32.1. The third-order valence-corrected chi connectivity index (χ3v) is 4.13. The molecular weight excluding hydrogens is 264 g/mol. The zero-order chi connectivity index (χ0) is 14.0. The van der Waals surface area contributed by atoms with Gasteiger partial charge in [-0.05, 0) is 35.2 Å². The number of carbonyl (C=O) groups is 3. The number of nitrogens with zero attached hydrogens (tertiary/aromatic N) is 1. The van der Waals surface area contributed by atoms with Crippen molar-refractivity contribution in [2.75, 3.05) is 0 Å². The standard InChI is InChI=1S/C13H16N2O3S/c1-3-4-10-11(16)14-13(18)15(12(10)17)5-9-7-19-6-8(9)2/h6-7,10H,3-5H2,1-2H3,(H,14,16,18). The minimum atomic E-state index is -0.735. The normalized spacial score (nSPS) is 19.8. The smallest absolute Gasteiger partial charge is 0.277 e. The van der Waals surface area contributed by atoms with Crippen LogP contribution >= 0.6 is 11.3 Å².